The third-order valence-electron chi connectivity index (χ3n) is 10.2. The summed E-state index contributed by atoms with van der Waals surface area (Å²) in [5.74, 6) is 0. The summed E-state index contributed by atoms with van der Waals surface area (Å²) in [5, 5.41) is 6.49. The molecule has 4 aromatic heterocycles. The Balaban J connectivity index is 1.18. The van der Waals surface area contributed by atoms with Gasteiger partial charge < -0.3 is 13.4 Å². The Hall–Kier alpha value is -6.91. The van der Waals surface area contributed by atoms with Crippen molar-refractivity contribution in [1.82, 2.24) is 9.55 Å². The van der Waals surface area contributed by atoms with Crippen molar-refractivity contribution in [3.8, 4) is 39.3 Å². The van der Waals surface area contributed by atoms with Crippen LogP contribution in [0.2, 0.25) is 0 Å². The van der Waals surface area contributed by atoms with Gasteiger partial charge >= 0.3 is 0 Å². The van der Waals surface area contributed by atoms with E-state index in [0.29, 0.717) is 0 Å². The summed E-state index contributed by atoms with van der Waals surface area (Å²) in [7, 11) is 0. The van der Waals surface area contributed by atoms with Crippen LogP contribution in [0.15, 0.2) is 179 Å². The highest BCUT2D eigenvalue weighted by molar-refractivity contribution is 6.37. The van der Waals surface area contributed by atoms with Crippen molar-refractivity contribution in [3.05, 3.63) is 170 Å². The lowest BCUT2D eigenvalue weighted by Gasteiger charge is -2.12. The monoisotopic (exact) mass is 652 g/mol. The van der Waals surface area contributed by atoms with E-state index in [1.54, 1.807) is 0 Å². The Morgan fingerprint density at radius 2 is 0.882 bits per heavy atom. The van der Waals surface area contributed by atoms with E-state index in [1.807, 2.05) is 30.3 Å². The molecule has 4 heterocycles. The molecule has 0 saturated carbocycles. The molecule has 0 spiro atoms. The fourth-order valence-corrected chi connectivity index (χ4v) is 7.89. The summed E-state index contributed by atoms with van der Waals surface area (Å²) in [6, 6.07) is 59.3. The van der Waals surface area contributed by atoms with E-state index in [4.69, 9.17) is 13.8 Å². The van der Waals surface area contributed by atoms with E-state index in [0.717, 1.165) is 105 Å². The zero-order chi connectivity index (χ0) is 33.5. The number of aromatic nitrogens is 2. The van der Waals surface area contributed by atoms with Gasteiger partial charge in [0.05, 0.1) is 38.6 Å². The SMILES string of the molecule is c1ccc(-c2cc(-c3ccc(-n4c5ccccc5c5c6oc7ccccc7c6c6oc7ccccc7c6c54)cc3)cc(-c3ccccc3)n2)cc1. The van der Waals surface area contributed by atoms with Crippen molar-refractivity contribution in [2.75, 3.05) is 0 Å². The molecule has 0 aliphatic rings. The number of hydrogen-bond donors (Lipinski definition) is 0. The molecule has 0 N–H and O–H groups in total. The lowest BCUT2D eigenvalue weighted by molar-refractivity contribution is 0.665. The minimum atomic E-state index is 0.850. The Bertz CT molecular complexity index is 3030. The summed E-state index contributed by atoms with van der Waals surface area (Å²) >= 11 is 0. The third-order valence-corrected chi connectivity index (χ3v) is 10.2. The maximum atomic E-state index is 6.72. The fourth-order valence-electron chi connectivity index (χ4n) is 7.89. The second kappa shape index (κ2) is 10.8. The molecule has 0 saturated heterocycles. The van der Waals surface area contributed by atoms with Crippen molar-refractivity contribution < 1.29 is 8.83 Å². The van der Waals surface area contributed by atoms with Crippen LogP contribution in [0.25, 0.3) is 105 Å². The molecule has 238 valence electrons. The first-order chi connectivity index (χ1) is 25.3. The van der Waals surface area contributed by atoms with Crippen molar-refractivity contribution >= 4 is 65.7 Å². The molecule has 0 bridgehead atoms. The molecule has 0 fully saturated rings. The van der Waals surface area contributed by atoms with Crippen LogP contribution in [0.3, 0.4) is 0 Å². The average Bonchev–Trinajstić information content (AvgIpc) is 3.88. The first-order valence-electron chi connectivity index (χ1n) is 17.2. The molecule has 7 aromatic carbocycles. The van der Waals surface area contributed by atoms with Gasteiger partial charge in [-0.1, -0.05) is 127 Å². The van der Waals surface area contributed by atoms with E-state index in [1.165, 1.54) is 0 Å². The van der Waals surface area contributed by atoms with Gasteiger partial charge in [0, 0.05) is 33.0 Å². The van der Waals surface area contributed by atoms with Crippen LogP contribution in [0.4, 0.5) is 0 Å². The van der Waals surface area contributed by atoms with E-state index in [9.17, 15) is 0 Å². The molecule has 0 unspecified atom stereocenters. The lowest BCUT2D eigenvalue weighted by Crippen LogP contribution is -1.95. The van der Waals surface area contributed by atoms with Crippen LogP contribution in [-0.2, 0) is 0 Å². The van der Waals surface area contributed by atoms with Crippen molar-refractivity contribution in [2.24, 2.45) is 0 Å². The predicted molar refractivity (Wildman–Crippen MR) is 209 cm³/mol. The lowest BCUT2D eigenvalue weighted by atomic mass is 9.99. The number of benzene rings is 7. The van der Waals surface area contributed by atoms with Gasteiger partial charge in [-0.3, -0.25) is 0 Å². The predicted octanol–water partition coefficient (Wildman–Crippen LogP) is 13.0. The van der Waals surface area contributed by atoms with Crippen molar-refractivity contribution in [3.63, 3.8) is 0 Å². The smallest absolute Gasteiger partial charge is 0.149 e. The molecule has 0 radical (unpaired) electrons. The molecule has 0 amide bonds. The van der Waals surface area contributed by atoms with Crippen LogP contribution in [0.5, 0.6) is 0 Å². The Kier molecular flexibility index (Phi) is 5.92. The highest BCUT2D eigenvalue weighted by atomic mass is 16.3. The van der Waals surface area contributed by atoms with E-state index >= 15 is 0 Å². The summed E-state index contributed by atoms with van der Waals surface area (Å²) in [6.45, 7) is 0. The van der Waals surface area contributed by atoms with Crippen LogP contribution >= 0.6 is 0 Å². The largest absolute Gasteiger partial charge is 0.455 e. The van der Waals surface area contributed by atoms with Crippen LogP contribution in [0, 0.1) is 0 Å². The highest BCUT2D eigenvalue weighted by Crippen LogP contribution is 2.48. The number of hydrogen-bond acceptors (Lipinski definition) is 3. The number of pyridine rings is 1. The van der Waals surface area contributed by atoms with Crippen LogP contribution in [-0.4, -0.2) is 9.55 Å². The van der Waals surface area contributed by atoms with Gasteiger partial charge in [-0.15, -0.1) is 0 Å². The molecule has 0 aliphatic carbocycles. The molecule has 0 atom stereocenters. The van der Waals surface area contributed by atoms with E-state index < -0.39 is 0 Å². The molecule has 4 heteroatoms. The average molecular weight is 653 g/mol. The number of para-hydroxylation sites is 3. The van der Waals surface area contributed by atoms with Gasteiger partial charge in [-0.05, 0) is 53.6 Å². The quantitative estimate of drug-likeness (QED) is 0.190. The summed E-state index contributed by atoms with van der Waals surface area (Å²) < 4.78 is 15.8. The Morgan fingerprint density at radius 3 is 1.49 bits per heavy atom. The molecule has 4 nitrogen and oxygen atoms in total. The highest BCUT2D eigenvalue weighted by Gasteiger charge is 2.26. The molecule has 11 rings (SSSR count). The number of furan rings is 2. The minimum absolute atomic E-state index is 0.850. The second-order valence-corrected chi connectivity index (χ2v) is 13.1. The standard InChI is InChI=1S/C47H28N2O2/c1-3-13-30(14-4-1)37-27-32(28-38(48-37)31-15-5-2-6-16-31)29-23-25-33(26-24-29)49-39-20-10-7-17-34(39)42-45(49)43-35-18-8-11-21-40(35)50-47(43)44-36-19-9-12-22-41(36)51-46(42)44/h1-28H. The zero-order valence-corrected chi connectivity index (χ0v) is 27.4. The summed E-state index contributed by atoms with van der Waals surface area (Å²) in [4.78, 5) is 5.09. The molecule has 11 aromatic rings. The fraction of sp³-hybridized carbons (Fsp3) is 0. The Morgan fingerprint density at radius 1 is 0.392 bits per heavy atom. The first kappa shape index (κ1) is 28.0. The molecule has 51 heavy (non-hydrogen) atoms. The van der Waals surface area contributed by atoms with E-state index in [-0.39, 0.29) is 0 Å². The number of fused-ring (bicyclic) bond motifs is 12. The number of rotatable bonds is 4. The number of nitrogens with zero attached hydrogens (tertiary/aromatic N) is 2. The minimum Gasteiger partial charge on any atom is -0.455 e. The molecular weight excluding hydrogens is 625 g/mol. The third kappa shape index (κ3) is 4.17. The van der Waals surface area contributed by atoms with Gasteiger partial charge in [0.1, 0.15) is 22.3 Å². The van der Waals surface area contributed by atoms with Crippen LogP contribution < -0.4 is 0 Å². The van der Waals surface area contributed by atoms with Gasteiger partial charge in [0.2, 0.25) is 0 Å². The van der Waals surface area contributed by atoms with Crippen molar-refractivity contribution in [2.45, 2.75) is 0 Å². The maximum Gasteiger partial charge on any atom is 0.149 e. The first-order valence-corrected chi connectivity index (χ1v) is 17.2. The summed E-state index contributed by atoms with van der Waals surface area (Å²) in [5.41, 5.74) is 13.0. The van der Waals surface area contributed by atoms with E-state index in [2.05, 4.69) is 144 Å². The molecule has 0 aliphatic heterocycles. The summed E-state index contributed by atoms with van der Waals surface area (Å²) in [6.07, 6.45) is 0. The maximum absolute atomic E-state index is 6.72. The van der Waals surface area contributed by atoms with Gasteiger partial charge in [0.15, 0.2) is 0 Å². The van der Waals surface area contributed by atoms with Gasteiger partial charge in [-0.2, -0.15) is 0 Å². The van der Waals surface area contributed by atoms with Gasteiger partial charge in [0.25, 0.3) is 0 Å². The van der Waals surface area contributed by atoms with Gasteiger partial charge in [-0.25, -0.2) is 4.98 Å². The topological polar surface area (TPSA) is 44.1 Å². The molecular formula is C47H28N2O2. The van der Waals surface area contributed by atoms with Crippen LogP contribution in [0.1, 0.15) is 0 Å². The van der Waals surface area contributed by atoms with Crippen molar-refractivity contribution in [1.29, 1.82) is 0 Å². The Labute approximate surface area is 292 Å². The zero-order valence-electron chi connectivity index (χ0n) is 27.4. The second-order valence-electron chi connectivity index (χ2n) is 13.1. The normalized spacial score (nSPS) is 11.9.